The van der Waals surface area contributed by atoms with Crippen LogP contribution in [-0.4, -0.2) is 12.8 Å². The molecule has 0 radical (unpaired) electrons. The molecule has 0 aliphatic rings. The number of hydrogen-bond donors (Lipinski definition) is 1. The first-order chi connectivity index (χ1) is 6.24. The smallest absolute Gasteiger partial charge is 0.133 e. The van der Waals surface area contributed by atoms with Crippen LogP contribution in [0.2, 0.25) is 0 Å². The first-order valence-corrected chi connectivity index (χ1v) is 4.92. The van der Waals surface area contributed by atoms with Crippen LogP contribution in [0.25, 0.3) is 0 Å². The van der Waals surface area contributed by atoms with Crippen molar-refractivity contribution in [1.82, 2.24) is 5.32 Å². The highest BCUT2D eigenvalue weighted by molar-refractivity contribution is 9.10. The van der Waals surface area contributed by atoms with E-state index in [-0.39, 0.29) is 0 Å². The summed E-state index contributed by atoms with van der Waals surface area (Å²) in [5, 5.41) is 3.03. The van der Waals surface area contributed by atoms with Gasteiger partial charge in [0.1, 0.15) is 6.29 Å². The van der Waals surface area contributed by atoms with E-state index in [2.05, 4.69) is 40.3 Å². The zero-order valence-electron chi connectivity index (χ0n) is 7.51. The van der Waals surface area contributed by atoms with Crippen molar-refractivity contribution in [3.8, 4) is 0 Å². The molecule has 0 bridgehead atoms. The molecule has 0 aromatic heterocycles. The number of rotatable bonds is 4. The summed E-state index contributed by atoms with van der Waals surface area (Å²) in [5.74, 6) is 0. The minimum atomic E-state index is 0.409. The Balaban J connectivity index is 2.64. The number of hydrogen-bond acceptors (Lipinski definition) is 2. The van der Waals surface area contributed by atoms with Crippen LogP contribution in [0, 0.1) is 6.92 Å². The van der Waals surface area contributed by atoms with Crippen LogP contribution in [0.15, 0.2) is 22.7 Å². The molecule has 0 unspecified atom stereocenters. The van der Waals surface area contributed by atoms with Gasteiger partial charge in [-0.05, 0) is 30.2 Å². The van der Waals surface area contributed by atoms with Crippen molar-refractivity contribution in [3.63, 3.8) is 0 Å². The maximum Gasteiger partial charge on any atom is 0.133 e. The van der Waals surface area contributed by atoms with Gasteiger partial charge in [-0.1, -0.05) is 22.0 Å². The molecule has 1 rings (SSSR count). The van der Waals surface area contributed by atoms with E-state index in [1.54, 1.807) is 0 Å². The molecule has 0 atom stereocenters. The predicted octanol–water partition coefficient (Wildman–Crippen LogP) is 2.05. The Bertz CT molecular complexity index is 299. The van der Waals surface area contributed by atoms with Crippen molar-refractivity contribution >= 4 is 22.2 Å². The highest BCUT2D eigenvalue weighted by Gasteiger charge is 1.97. The van der Waals surface area contributed by atoms with E-state index >= 15 is 0 Å². The summed E-state index contributed by atoms with van der Waals surface area (Å²) < 4.78 is 1.07. The monoisotopic (exact) mass is 241 g/mol. The molecule has 0 spiro atoms. The van der Waals surface area contributed by atoms with Crippen LogP contribution in [-0.2, 0) is 11.3 Å². The highest BCUT2D eigenvalue weighted by atomic mass is 79.9. The number of aldehydes is 1. The van der Waals surface area contributed by atoms with Crippen LogP contribution in [0.4, 0.5) is 0 Å². The van der Waals surface area contributed by atoms with E-state index in [4.69, 9.17) is 0 Å². The molecule has 0 aliphatic heterocycles. The van der Waals surface area contributed by atoms with Crippen LogP contribution < -0.4 is 5.32 Å². The van der Waals surface area contributed by atoms with Gasteiger partial charge < -0.3 is 10.1 Å². The number of aryl methyl sites for hydroxylation is 1. The number of halogens is 1. The molecule has 3 heteroatoms. The molecule has 0 fully saturated rings. The topological polar surface area (TPSA) is 29.1 Å². The lowest BCUT2D eigenvalue weighted by Gasteiger charge is -2.05. The standard InChI is InChI=1S/C10H12BrNO/c1-8-2-3-10(11)6-9(8)7-12-4-5-13/h2-3,5-6,12H,4,7H2,1H3. The fourth-order valence-electron chi connectivity index (χ4n) is 1.10. The molecule has 0 aliphatic carbocycles. The lowest BCUT2D eigenvalue weighted by Crippen LogP contribution is -2.16. The van der Waals surface area contributed by atoms with Gasteiger partial charge in [0.15, 0.2) is 0 Å². The second kappa shape index (κ2) is 5.14. The van der Waals surface area contributed by atoms with Crippen LogP contribution in [0.5, 0.6) is 0 Å². The Hall–Kier alpha value is -0.670. The first kappa shape index (κ1) is 10.4. The molecule has 0 heterocycles. The van der Waals surface area contributed by atoms with E-state index < -0.39 is 0 Å². The maximum absolute atomic E-state index is 10.1. The van der Waals surface area contributed by atoms with Gasteiger partial charge in [0.05, 0.1) is 6.54 Å². The van der Waals surface area contributed by atoms with Gasteiger partial charge in [-0.25, -0.2) is 0 Å². The number of carbonyl (C=O) groups excluding carboxylic acids is 1. The van der Waals surface area contributed by atoms with E-state index in [1.807, 2.05) is 6.07 Å². The van der Waals surface area contributed by atoms with E-state index in [9.17, 15) is 4.79 Å². The fourth-order valence-corrected chi connectivity index (χ4v) is 1.50. The summed E-state index contributed by atoms with van der Waals surface area (Å²) >= 11 is 3.41. The summed E-state index contributed by atoms with van der Waals surface area (Å²) in [6, 6.07) is 6.13. The highest BCUT2D eigenvalue weighted by Crippen LogP contribution is 2.15. The Morgan fingerprint density at radius 1 is 1.54 bits per heavy atom. The average Bonchev–Trinajstić information content (AvgIpc) is 2.11. The third-order valence-corrected chi connectivity index (χ3v) is 2.35. The summed E-state index contributed by atoms with van der Waals surface area (Å²) in [5.41, 5.74) is 2.46. The zero-order valence-corrected chi connectivity index (χ0v) is 9.10. The zero-order chi connectivity index (χ0) is 9.68. The number of benzene rings is 1. The lowest BCUT2D eigenvalue weighted by molar-refractivity contribution is -0.107. The molecular weight excluding hydrogens is 230 g/mol. The maximum atomic E-state index is 10.1. The molecule has 0 saturated heterocycles. The molecule has 2 nitrogen and oxygen atoms in total. The van der Waals surface area contributed by atoms with E-state index in [0.717, 1.165) is 17.3 Å². The van der Waals surface area contributed by atoms with Gasteiger partial charge in [0.25, 0.3) is 0 Å². The van der Waals surface area contributed by atoms with Gasteiger partial charge in [0.2, 0.25) is 0 Å². The normalized spacial score (nSPS) is 10.0. The second-order valence-corrected chi connectivity index (χ2v) is 3.78. The van der Waals surface area contributed by atoms with Gasteiger partial charge >= 0.3 is 0 Å². The quantitative estimate of drug-likeness (QED) is 0.646. The molecule has 1 aromatic carbocycles. The third-order valence-electron chi connectivity index (χ3n) is 1.85. The molecule has 70 valence electrons. The van der Waals surface area contributed by atoms with Crippen LogP contribution in [0.1, 0.15) is 11.1 Å². The third kappa shape index (κ3) is 3.28. The molecule has 1 N–H and O–H groups in total. The van der Waals surface area contributed by atoms with Crippen molar-refractivity contribution in [2.75, 3.05) is 6.54 Å². The molecule has 0 saturated carbocycles. The van der Waals surface area contributed by atoms with Crippen molar-refractivity contribution in [2.45, 2.75) is 13.5 Å². The van der Waals surface area contributed by atoms with Crippen LogP contribution >= 0.6 is 15.9 Å². The Morgan fingerprint density at radius 3 is 3.00 bits per heavy atom. The van der Waals surface area contributed by atoms with Crippen molar-refractivity contribution in [1.29, 1.82) is 0 Å². The summed E-state index contributed by atoms with van der Waals surface area (Å²) in [7, 11) is 0. The molecular formula is C10H12BrNO. The van der Waals surface area contributed by atoms with Crippen molar-refractivity contribution in [3.05, 3.63) is 33.8 Å². The molecule has 1 aromatic rings. The first-order valence-electron chi connectivity index (χ1n) is 4.13. The summed E-state index contributed by atoms with van der Waals surface area (Å²) in [4.78, 5) is 10.1. The van der Waals surface area contributed by atoms with Gasteiger partial charge in [0, 0.05) is 11.0 Å². The van der Waals surface area contributed by atoms with Gasteiger partial charge in [-0.3, -0.25) is 0 Å². The van der Waals surface area contributed by atoms with E-state index in [0.29, 0.717) is 6.54 Å². The molecule has 0 amide bonds. The average molecular weight is 242 g/mol. The Labute approximate surface area is 86.5 Å². The number of carbonyl (C=O) groups is 1. The minimum Gasteiger partial charge on any atom is -0.306 e. The SMILES string of the molecule is Cc1ccc(Br)cc1CNCC=O. The Morgan fingerprint density at radius 2 is 2.31 bits per heavy atom. The number of nitrogens with one attached hydrogen (secondary N) is 1. The fraction of sp³-hybridized carbons (Fsp3) is 0.300. The van der Waals surface area contributed by atoms with Crippen LogP contribution in [0.3, 0.4) is 0 Å². The van der Waals surface area contributed by atoms with Gasteiger partial charge in [-0.2, -0.15) is 0 Å². The Kier molecular flexibility index (Phi) is 4.12. The summed E-state index contributed by atoms with van der Waals surface area (Å²) in [6.45, 7) is 3.21. The lowest BCUT2D eigenvalue weighted by atomic mass is 10.1. The van der Waals surface area contributed by atoms with Crippen molar-refractivity contribution in [2.24, 2.45) is 0 Å². The predicted molar refractivity (Wildman–Crippen MR) is 56.6 cm³/mol. The summed E-state index contributed by atoms with van der Waals surface area (Å²) in [6.07, 6.45) is 0.868. The van der Waals surface area contributed by atoms with E-state index in [1.165, 1.54) is 11.1 Å². The van der Waals surface area contributed by atoms with Crippen molar-refractivity contribution < 1.29 is 4.79 Å². The minimum absolute atomic E-state index is 0.409. The van der Waals surface area contributed by atoms with Gasteiger partial charge in [-0.15, -0.1) is 0 Å². The second-order valence-electron chi connectivity index (χ2n) is 2.87. The largest absolute Gasteiger partial charge is 0.306 e. The molecule has 13 heavy (non-hydrogen) atoms.